The van der Waals surface area contributed by atoms with Gasteiger partial charge in [0.05, 0.1) is 0 Å². The van der Waals surface area contributed by atoms with Crippen LogP contribution >= 0.6 is 0 Å². The van der Waals surface area contributed by atoms with Crippen molar-refractivity contribution in [2.24, 2.45) is 0 Å². The Hall–Kier alpha value is 1.31. The molecule has 0 saturated carbocycles. The molecule has 0 radical (unpaired) electrons. The number of carbonyl (C=O) groups is 1. The average Bonchev–Trinajstić information content (AvgIpc) is 1.35. The van der Waals surface area contributed by atoms with Gasteiger partial charge in [0, 0.05) is 6.42 Å². The summed E-state index contributed by atoms with van der Waals surface area (Å²) >= 11 is 0. The minimum absolute atomic E-state index is 0. The first-order valence-electron chi connectivity index (χ1n) is 2.26. The summed E-state index contributed by atoms with van der Waals surface area (Å²) in [5.41, 5.74) is 0. The molecule has 0 atom stereocenters. The van der Waals surface area contributed by atoms with E-state index >= 15 is 0 Å². The number of hydrogen-bond acceptors (Lipinski definition) is 1. The average molecular weight is 126 g/mol. The van der Waals surface area contributed by atoms with Gasteiger partial charge in [-0.1, -0.05) is 6.92 Å². The number of Topliss-reactive ketones (excluding diaryl/α,β-unsaturated/α-hetero) is 1. The first kappa shape index (κ1) is 11.1. The molecule has 0 N–H and O–H groups in total. The number of hydrogen-bond donors (Lipinski definition) is 0. The summed E-state index contributed by atoms with van der Waals surface area (Å²) in [5.74, 6) is 0.289. The van der Waals surface area contributed by atoms with Gasteiger partial charge in [0.15, 0.2) is 0 Å². The zero-order valence-electron chi connectivity index (χ0n) is 4.32. The summed E-state index contributed by atoms with van der Waals surface area (Å²) < 4.78 is 0. The molecule has 0 aliphatic carbocycles. The molecule has 0 aromatic heterocycles. The van der Waals surface area contributed by atoms with Crippen LogP contribution in [0.15, 0.2) is 0 Å². The molecule has 0 aliphatic rings. The van der Waals surface area contributed by atoms with Crippen molar-refractivity contribution in [3.63, 3.8) is 0 Å². The second-order valence-electron chi connectivity index (χ2n) is 1.45. The number of ketones is 1. The van der Waals surface area contributed by atoms with Gasteiger partial charge in [-0.15, -0.1) is 0 Å². The first-order chi connectivity index (χ1) is 2.77. The summed E-state index contributed by atoms with van der Waals surface area (Å²) in [5, 5.41) is 0. The van der Waals surface area contributed by atoms with Gasteiger partial charge in [0.1, 0.15) is 5.78 Å². The van der Waals surface area contributed by atoms with Crippen LogP contribution in [0.1, 0.15) is 26.7 Å². The summed E-state index contributed by atoms with van der Waals surface area (Å²) in [7, 11) is 0. The van der Waals surface area contributed by atoms with Gasteiger partial charge in [-0.2, -0.15) is 0 Å². The molecule has 0 aromatic rings. The van der Waals surface area contributed by atoms with E-state index in [1.165, 1.54) is 0 Å². The Labute approximate surface area is 87.3 Å². The van der Waals surface area contributed by atoms with Crippen LogP contribution in [0.25, 0.3) is 0 Å². The summed E-state index contributed by atoms with van der Waals surface area (Å²) in [4.78, 5) is 10.0. The van der Waals surface area contributed by atoms with Crippen molar-refractivity contribution in [2.45, 2.75) is 26.7 Å². The van der Waals surface area contributed by atoms with E-state index in [4.69, 9.17) is 0 Å². The van der Waals surface area contributed by atoms with Crippen LogP contribution in [0.2, 0.25) is 0 Å². The Morgan fingerprint density at radius 1 is 1.57 bits per heavy atom. The van der Waals surface area contributed by atoms with Crippen molar-refractivity contribution < 1.29 is 4.79 Å². The van der Waals surface area contributed by atoms with E-state index in [1.54, 1.807) is 6.92 Å². The van der Waals surface area contributed by atoms with Crippen molar-refractivity contribution in [2.75, 3.05) is 0 Å². The van der Waals surface area contributed by atoms with Crippen LogP contribution in [0.4, 0.5) is 0 Å². The predicted molar refractivity (Wildman–Crippen MR) is 32.7 cm³/mol. The fourth-order valence-electron chi connectivity index (χ4n) is 0.352. The molecule has 1 nitrogen and oxygen atoms in total. The van der Waals surface area contributed by atoms with E-state index in [0.717, 1.165) is 12.8 Å². The van der Waals surface area contributed by atoms with Crippen LogP contribution in [0.5, 0.6) is 0 Å². The molecule has 0 unspecified atom stereocenters. The molecule has 38 valence electrons. The van der Waals surface area contributed by atoms with Gasteiger partial charge in [0.2, 0.25) is 0 Å². The molecule has 0 fully saturated rings. The monoisotopic (exact) mass is 126 g/mol. The van der Waals surface area contributed by atoms with Gasteiger partial charge in [-0.3, -0.25) is 0 Å². The third kappa shape index (κ3) is 11.1. The summed E-state index contributed by atoms with van der Waals surface area (Å²) in [6.45, 7) is 3.62. The normalized spacial score (nSPS) is 7.14. The fraction of sp³-hybridized carbons (Fsp3) is 0.800. The molecule has 7 heavy (non-hydrogen) atoms. The Morgan fingerprint density at radius 3 is 2.00 bits per heavy atom. The van der Waals surface area contributed by atoms with Gasteiger partial charge in [0.25, 0.3) is 0 Å². The third-order valence-corrected chi connectivity index (χ3v) is 0.602. The van der Waals surface area contributed by atoms with Crippen molar-refractivity contribution in [1.29, 1.82) is 0 Å². The Balaban J connectivity index is 0. The van der Waals surface area contributed by atoms with Crippen LogP contribution in [0, 0.1) is 0 Å². The maximum atomic E-state index is 10.0. The molecule has 0 aromatic carbocycles. The zero-order valence-corrected chi connectivity index (χ0v) is 4.32. The van der Waals surface area contributed by atoms with Gasteiger partial charge >= 0.3 is 51.4 Å². The zero-order chi connectivity index (χ0) is 4.99. The molecule has 0 rings (SSSR count). The summed E-state index contributed by atoms with van der Waals surface area (Å²) in [6.07, 6.45) is 1.72. The van der Waals surface area contributed by atoms with Crippen molar-refractivity contribution in [3.05, 3.63) is 0 Å². The molecule has 0 bridgehead atoms. The molecule has 0 spiro atoms. The van der Waals surface area contributed by atoms with E-state index < -0.39 is 0 Å². The van der Waals surface area contributed by atoms with E-state index in [9.17, 15) is 4.79 Å². The topological polar surface area (TPSA) is 17.1 Å². The molecule has 0 heterocycles. The molecule has 0 amide bonds. The van der Waals surface area contributed by atoms with Crippen LogP contribution < -0.4 is 0 Å². The van der Waals surface area contributed by atoms with Crippen molar-refractivity contribution >= 4 is 57.2 Å². The van der Waals surface area contributed by atoms with E-state index in [-0.39, 0.29) is 57.2 Å². The number of carbonyl (C=O) groups excluding carboxylic acids is 1. The van der Waals surface area contributed by atoms with E-state index in [2.05, 4.69) is 0 Å². The first-order valence-corrected chi connectivity index (χ1v) is 2.26. The Kier molecular flexibility index (Phi) is 11.6. The van der Waals surface area contributed by atoms with Gasteiger partial charge < -0.3 is 4.79 Å². The Morgan fingerprint density at radius 2 is 2.00 bits per heavy atom. The number of rotatable bonds is 2. The second-order valence-corrected chi connectivity index (χ2v) is 1.45. The maximum absolute atomic E-state index is 10.0. The quantitative estimate of drug-likeness (QED) is 0.498. The molecule has 2 heteroatoms. The third-order valence-electron chi connectivity index (χ3n) is 0.602. The standard InChI is InChI=1S/C5H10O.K.H/c1-3-4-5(2)6;;/h3-4H2,1-2H3;;. The van der Waals surface area contributed by atoms with Gasteiger partial charge in [-0.05, 0) is 13.3 Å². The summed E-state index contributed by atoms with van der Waals surface area (Å²) in [6, 6.07) is 0. The van der Waals surface area contributed by atoms with E-state index in [0.29, 0.717) is 0 Å². The fourth-order valence-corrected chi connectivity index (χ4v) is 0.352. The van der Waals surface area contributed by atoms with Gasteiger partial charge in [-0.25, -0.2) is 0 Å². The van der Waals surface area contributed by atoms with Crippen LogP contribution in [0.3, 0.4) is 0 Å². The van der Waals surface area contributed by atoms with Crippen molar-refractivity contribution in [1.82, 2.24) is 0 Å². The van der Waals surface area contributed by atoms with Crippen LogP contribution in [-0.2, 0) is 4.79 Å². The predicted octanol–water partition coefficient (Wildman–Crippen LogP) is 0.727. The van der Waals surface area contributed by atoms with Crippen molar-refractivity contribution in [3.8, 4) is 0 Å². The minimum atomic E-state index is 0. The second kappa shape index (κ2) is 7.31. The molecule has 0 saturated heterocycles. The van der Waals surface area contributed by atoms with Crippen LogP contribution in [-0.4, -0.2) is 57.2 Å². The molecular weight excluding hydrogens is 115 g/mol. The molecule has 0 aliphatic heterocycles. The van der Waals surface area contributed by atoms with E-state index in [1.807, 2.05) is 6.92 Å². The SMILES string of the molecule is CCCC(C)=O.[KH]. The Bertz CT molecular complexity index is 52.0. The molecular formula is C5H11KO.